The van der Waals surface area contributed by atoms with Gasteiger partial charge in [0.25, 0.3) is 0 Å². The summed E-state index contributed by atoms with van der Waals surface area (Å²) in [7, 11) is 1.70. The van der Waals surface area contributed by atoms with Crippen molar-refractivity contribution < 1.29 is 9.84 Å². The number of aliphatic hydroxyl groups excluding tert-OH is 1. The number of fused-ring (bicyclic) bond motifs is 1. The van der Waals surface area contributed by atoms with Crippen molar-refractivity contribution >= 4 is 11.0 Å². The molecule has 1 saturated heterocycles. The monoisotopic (exact) mass is 380 g/mol. The largest absolute Gasteiger partial charge is 0.497 e. The van der Waals surface area contributed by atoms with Crippen LogP contribution in [0.5, 0.6) is 5.75 Å². The minimum Gasteiger partial charge on any atom is -0.497 e. The van der Waals surface area contributed by atoms with Gasteiger partial charge in [0.2, 0.25) is 0 Å². The number of methoxy groups -OCH3 is 1. The van der Waals surface area contributed by atoms with Crippen molar-refractivity contribution in [2.24, 2.45) is 0 Å². The Morgan fingerprint density at radius 2 is 2.04 bits per heavy atom. The molecule has 2 aromatic carbocycles. The van der Waals surface area contributed by atoms with Gasteiger partial charge in [0.15, 0.2) is 0 Å². The maximum absolute atomic E-state index is 9.57. The molecular formula is C22H28N4O2. The normalized spacial score (nSPS) is 18.6. The second-order valence-corrected chi connectivity index (χ2v) is 7.42. The Hall–Kier alpha value is -2.41. The number of piperazine rings is 1. The number of H-pyrrole nitrogens is 1. The highest BCUT2D eigenvalue weighted by atomic mass is 16.5. The van der Waals surface area contributed by atoms with Gasteiger partial charge in [-0.1, -0.05) is 24.3 Å². The summed E-state index contributed by atoms with van der Waals surface area (Å²) in [4.78, 5) is 13.0. The molecule has 2 heterocycles. The lowest BCUT2D eigenvalue weighted by Crippen LogP contribution is -2.52. The number of ether oxygens (including phenoxy) is 1. The fraction of sp³-hybridized carbons (Fsp3) is 0.409. The van der Waals surface area contributed by atoms with Crippen molar-refractivity contribution in [1.29, 1.82) is 0 Å². The van der Waals surface area contributed by atoms with Crippen molar-refractivity contribution in [1.82, 2.24) is 19.8 Å². The molecule has 6 heteroatoms. The van der Waals surface area contributed by atoms with Crippen molar-refractivity contribution in [3.8, 4) is 5.75 Å². The fourth-order valence-electron chi connectivity index (χ4n) is 4.03. The van der Waals surface area contributed by atoms with Crippen LogP contribution in [0.3, 0.4) is 0 Å². The summed E-state index contributed by atoms with van der Waals surface area (Å²) in [6.45, 7) is 4.79. The van der Waals surface area contributed by atoms with Gasteiger partial charge in [0, 0.05) is 38.8 Å². The van der Waals surface area contributed by atoms with E-state index in [2.05, 4.69) is 33.0 Å². The highest BCUT2D eigenvalue weighted by Gasteiger charge is 2.27. The average Bonchev–Trinajstić information content (AvgIpc) is 3.12. The highest BCUT2D eigenvalue weighted by Crippen LogP contribution is 2.21. The molecule has 0 aliphatic carbocycles. The molecule has 0 saturated carbocycles. The van der Waals surface area contributed by atoms with Crippen LogP contribution in [0.4, 0.5) is 0 Å². The molecule has 0 unspecified atom stereocenters. The van der Waals surface area contributed by atoms with Crippen molar-refractivity contribution in [2.75, 3.05) is 33.4 Å². The molecule has 1 aliphatic rings. The van der Waals surface area contributed by atoms with Crippen molar-refractivity contribution in [3.63, 3.8) is 0 Å². The molecule has 3 aromatic rings. The second-order valence-electron chi connectivity index (χ2n) is 7.42. The van der Waals surface area contributed by atoms with Gasteiger partial charge in [-0.3, -0.25) is 9.80 Å². The average molecular weight is 380 g/mol. The molecule has 2 N–H and O–H groups in total. The predicted molar refractivity (Wildman–Crippen MR) is 110 cm³/mol. The maximum atomic E-state index is 9.57. The third-order valence-electron chi connectivity index (χ3n) is 5.48. The van der Waals surface area contributed by atoms with Crippen LogP contribution in [-0.4, -0.2) is 64.3 Å². The third-order valence-corrected chi connectivity index (χ3v) is 5.48. The van der Waals surface area contributed by atoms with Crippen LogP contribution in [0.2, 0.25) is 0 Å². The Labute approximate surface area is 165 Å². The highest BCUT2D eigenvalue weighted by molar-refractivity contribution is 5.74. The Bertz CT molecular complexity index is 877. The summed E-state index contributed by atoms with van der Waals surface area (Å²) in [6, 6.07) is 16.7. The van der Waals surface area contributed by atoms with Gasteiger partial charge >= 0.3 is 0 Å². The number of benzene rings is 2. The van der Waals surface area contributed by atoms with Crippen LogP contribution in [0.15, 0.2) is 48.5 Å². The van der Waals surface area contributed by atoms with Gasteiger partial charge in [-0.15, -0.1) is 0 Å². The second kappa shape index (κ2) is 8.73. The van der Waals surface area contributed by atoms with E-state index >= 15 is 0 Å². The Kier molecular flexibility index (Phi) is 5.90. The van der Waals surface area contributed by atoms with E-state index in [1.54, 1.807) is 7.11 Å². The van der Waals surface area contributed by atoms with E-state index < -0.39 is 0 Å². The first-order valence-electron chi connectivity index (χ1n) is 9.89. The Morgan fingerprint density at radius 3 is 2.86 bits per heavy atom. The molecule has 6 nitrogen and oxygen atoms in total. The Morgan fingerprint density at radius 1 is 1.14 bits per heavy atom. The minimum atomic E-state index is 0.206. The number of hydrogen-bond donors (Lipinski definition) is 2. The molecule has 148 valence electrons. The maximum Gasteiger partial charge on any atom is 0.121 e. The standard InChI is InChI=1S/C22H28N4O2/c1-28-19-6-4-5-17(13-19)14-26-11-10-25(15-18(26)9-12-27)16-22-23-20-7-2-3-8-21(20)24-22/h2-8,13,18,27H,9-12,14-16H2,1H3,(H,23,24)/t18-/m0/s1. The number of para-hydroxylation sites is 2. The Balaban J connectivity index is 1.42. The number of nitrogens with zero attached hydrogens (tertiary/aromatic N) is 3. The lowest BCUT2D eigenvalue weighted by molar-refractivity contribution is 0.0489. The molecule has 4 rings (SSSR count). The number of aliphatic hydroxyl groups is 1. The molecule has 28 heavy (non-hydrogen) atoms. The number of rotatable bonds is 7. The third kappa shape index (κ3) is 4.35. The molecule has 0 amide bonds. The van der Waals surface area contributed by atoms with E-state index in [9.17, 15) is 5.11 Å². The van der Waals surface area contributed by atoms with Gasteiger partial charge in [0.1, 0.15) is 11.6 Å². The summed E-state index contributed by atoms with van der Waals surface area (Å²) in [5.74, 6) is 1.89. The van der Waals surface area contributed by atoms with Crippen LogP contribution in [0.25, 0.3) is 11.0 Å². The fourth-order valence-corrected chi connectivity index (χ4v) is 4.03. The molecule has 0 bridgehead atoms. The van der Waals surface area contributed by atoms with E-state index in [4.69, 9.17) is 9.72 Å². The molecule has 0 spiro atoms. The molecule has 1 fully saturated rings. The van der Waals surface area contributed by atoms with Crippen molar-refractivity contribution in [2.45, 2.75) is 25.6 Å². The zero-order valence-electron chi connectivity index (χ0n) is 16.3. The smallest absolute Gasteiger partial charge is 0.121 e. The quantitative estimate of drug-likeness (QED) is 0.660. The molecule has 1 aromatic heterocycles. The number of imidazole rings is 1. The van der Waals surface area contributed by atoms with Gasteiger partial charge in [-0.05, 0) is 36.2 Å². The summed E-state index contributed by atoms with van der Waals surface area (Å²) in [5, 5.41) is 9.57. The number of hydrogen-bond acceptors (Lipinski definition) is 5. The molecule has 1 atom stereocenters. The van der Waals surface area contributed by atoms with E-state index in [1.165, 1.54) is 5.56 Å². The van der Waals surface area contributed by atoms with E-state index in [1.807, 2.05) is 30.3 Å². The zero-order valence-corrected chi connectivity index (χ0v) is 16.3. The zero-order chi connectivity index (χ0) is 19.3. The van der Waals surface area contributed by atoms with Gasteiger partial charge in [-0.2, -0.15) is 0 Å². The number of aromatic amines is 1. The van der Waals surface area contributed by atoms with Crippen LogP contribution < -0.4 is 4.74 Å². The summed E-state index contributed by atoms with van der Waals surface area (Å²) in [5.41, 5.74) is 3.34. The first-order chi connectivity index (χ1) is 13.7. The van der Waals surface area contributed by atoms with Gasteiger partial charge in [-0.25, -0.2) is 4.98 Å². The van der Waals surface area contributed by atoms with Gasteiger partial charge < -0.3 is 14.8 Å². The predicted octanol–water partition coefficient (Wildman–Crippen LogP) is 2.64. The summed E-state index contributed by atoms with van der Waals surface area (Å²) >= 11 is 0. The first-order valence-corrected chi connectivity index (χ1v) is 9.89. The lowest BCUT2D eigenvalue weighted by atomic mass is 10.1. The molecular weight excluding hydrogens is 352 g/mol. The first kappa shape index (κ1) is 18.9. The minimum absolute atomic E-state index is 0.206. The van der Waals surface area contributed by atoms with Crippen LogP contribution >= 0.6 is 0 Å². The van der Waals surface area contributed by atoms with Crippen molar-refractivity contribution in [3.05, 3.63) is 59.9 Å². The molecule has 1 aliphatic heterocycles. The lowest BCUT2D eigenvalue weighted by Gasteiger charge is -2.41. The van der Waals surface area contributed by atoms with E-state index in [0.717, 1.165) is 61.8 Å². The van der Waals surface area contributed by atoms with E-state index in [-0.39, 0.29) is 6.61 Å². The summed E-state index contributed by atoms with van der Waals surface area (Å²) in [6.07, 6.45) is 0.778. The molecule has 0 radical (unpaired) electrons. The van der Waals surface area contributed by atoms with Crippen LogP contribution in [0, 0.1) is 0 Å². The van der Waals surface area contributed by atoms with Gasteiger partial charge in [0.05, 0.1) is 24.7 Å². The summed E-state index contributed by atoms with van der Waals surface area (Å²) < 4.78 is 5.35. The number of aromatic nitrogens is 2. The number of nitrogens with one attached hydrogen (secondary N) is 1. The van der Waals surface area contributed by atoms with Crippen LogP contribution in [0.1, 0.15) is 17.8 Å². The topological polar surface area (TPSA) is 64.6 Å². The van der Waals surface area contributed by atoms with Crippen LogP contribution in [-0.2, 0) is 13.1 Å². The SMILES string of the molecule is COc1cccc(CN2CCN(Cc3nc4ccccc4[nH]3)C[C@@H]2CCO)c1. The van der Waals surface area contributed by atoms with E-state index in [0.29, 0.717) is 6.04 Å².